The number of hydrogen-bond donors (Lipinski definition) is 4. The van der Waals surface area contributed by atoms with E-state index in [1.807, 2.05) is 58.0 Å². The normalized spacial score (nSPS) is 21.3. The second kappa shape index (κ2) is 16.7. The molecule has 3 aromatic carbocycles. The maximum Gasteiger partial charge on any atom is 0.407 e. The Morgan fingerprint density at radius 2 is 1.40 bits per heavy atom. The molecular formula is C44H52N6O8. The van der Waals surface area contributed by atoms with Gasteiger partial charge in [-0.2, -0.15) is 0 Å². The van der Waals surface area contributed by atoms with Gasteiger partial charge in [-0.15, -0.1) is 0 Å². The van der Waals surface area contributed by atoms with Gasteiger partial charge in [0.15, 0.2) is 0 Å². The number of methoxy groups -OCH3 is 2. The van der Waals surface area contributed by atoms with Gasteiger partial charge in [0.05, 0.1) is 61.5 Å². The van der Waals surface area contributed by atoms with E-state index >= 15 is 0 Å². The average molecular weight is 793 g/mol. The number of aromatic amines is 1. The Morgan fingerprint density at radius 3 is 2.02 bits per heavy atom. The number of nitrogens with zero attached hydrogens (tertiary/aromatic N) is 4. The molecule has 58 heavy (non-hydrogen) atoms. The van der Waals surface area contributed by atoms with Gasteiger partial charge in [-0.1, -0.05) is 64.1 Å². The lowest BCUT2D eigenvalue weighted by atomic mass is 9.90. The minimum absolute atomic E-state index is 0.00750. The quantitative estimate of drug-likeness (QED) is 0.146. The zero-order valence-corrected chi connectivity index (χ0v) is 33.8. The minimum atomic E-state index is -0.824. The van der Waals surface area contributed by atoms with E-state index in [-0.39, 0.29) is 30.1 Å². The predicted molar refractivity (Wildman–Crippen MR) is 218 cm³/mol. The number of carbonyl (C=O) groups is 4. The summed E-state index contributed by atoms with van der Waals surface area (Å²) in [5.74, 6) is -1.25. The third kappa shape index (κ3) is 7.95. The number of hydrogen-bond acceptors (Lipinski definition) is 10. The molecule has 0 radical (unpaired) electrons. The Hall–Kier alpha value is -5.60. The van der Waals surface area contributed by atoms with Crippen LogP contribution in [0, 0.1) is 17.8 Å². The fraction of sp³-hybridized carbons (Fsp3) is 0.455. The first-order valence-electron chi connectivity index (χ1n) is 20.0. The van der Waals surface area contributed by atoms with Crippen molar-refractivity contribution in [2.75, 3.05) is 27.3 Å². The van der Waals surface area contributed by atoms with Gasteiger partial charge < -0.3 is 39.8 Å². The minimum Gasteiger partial charge on any atom is -0.469 e. The number of likely N-dealkylation sites (tertiary alicyclic amines) is 2. The smallest absolute Gasteiger partial charge is 0.407 e. The maximum absolute atomic E-state index is 13.7. The van der Waals surface area contributed by atoms with Crippen LogP contribution in [0.1, 0.15) is 64.4 Å². The Bertz CT molecular complexity index is 2230. The third-order valence-corrected chi connectivity index (χ3v) is 11.8. The van der Waals surface area contributed by atoms with Crippen molar-refractivity contribution in [3.8, 4) is 22.3 Å². The van der Waals surface area contributed by atoms with Crippen molar-refractivity contribution in [2.45, 2.75) is 83.7 Å². The van der Waals surface area contributed by atoms with Crippen LogP contribution in [0.5, 0.6) is 0 Å². The first kappa shape index (κ1) is 40.6. The van der Waals surface area contributed by atoms with E-state index in [4.69, 9.17) is 19.5 Å². The van der Waals surface area contributed by atoms with Gasteiger partial charge in [-0.05, 0) is 76.8 Å². The van der Waals surface area contributed by atoms with Crippen molar-refractivity contribution in [3.63, 3.8) is 0 Å². The number of aliphatic hydroxyl groups is 2. The van der Waals surface area contributed by atoms with E-state index in [9.17, 15) is 29.4 Å². The summed E-state index contributed by atoms with van der Waals surface area (Å²) in [5.41, 5.74) is 8.04. The number of amides is 3. The van der Waals surface area contributed by atoms with Crippen molar-refractivity contribution in [2.24, 2.45) is 22.7 Å². The largest absolute Gasteiger partial charge is 0.469 e. The summed E-state index contributed by atoms with van der Waals surface area (Å²) < 4.78 is 9.60. The Balaban J connectivity index is 1.05. The van der Waals surface area contributed by atoms with Crippen LogP contribution in [0.25, 0.3) is 33.3 Å². The number of carbonyl (C=O) groups excluding carboxylic acids is 4. The van der Waals surface area contributed by atoms with Crippen LogP contribution in [0.3, 0.4) is 0 Å². The van der Waals surface area contributed by atoms with Crippen molar-refractivity contribution < 1.29 is 38.9 Å². The highest BCUT2D eigenvalue weighted by Gasteiger charge is 2.44. The number of ether oxygens (including phenoxy) is 2. The molecule has 3 amide bonds. The molecule has 0 spiro atoms. The van der Waals surface area contributed by atoms with Gasteiger partial charge in [0, 0.05) is 25.2 Å². The summed E-state index contributed by atoms with van der Waals surface area (Å²) in [6.07, 6.45) is -0.928. The lowest BCUT2D eigenvalue weighted by Gasteiger charge is -2.31. The van der Waals surface area contributed by atoms with Crippen LogP contribution in [0.15, 0.2) is 65.7 Å². The zero-order valence-electron chi connectivity index (χ0n) is 33.8. The average Bonchev–Trinajstić information content (AvgIpc) is 4.01. The molecule has 14 heteroatoms. The second-order valence-corrected chi connectivity index (χ2v) is 16.2. The van der Waals surface area contributed by atoms with Gasteiger partial charge in [0.1, 0.15) is 17.9 Å². The topological polar surface area (TPSA) is 187 Å². The lowest BCUT2D eigenvalue weighted by molar-refractivity contribution is -0.148. The molecule has 0 unspecified atom stereocenters. The lowest BCUT2D eigenvalue weighted by Crippen LogP contribution is -2.51. The number of alkyl carbamates (subject to hydrolysis) is 1. The summed E-state index contributed by atoms with van der Waals surface area (Å²) in [5, 5.41) is 24.7. The molecule has 0 saturated carbocycles. The van der Waals surface area contributed by atoms with Crippen LogP contribution < -0.4 is 5.32 Å². The first-order chi connectivity index (χ1) is 27.8. The number of benzene rings is 3. The Kier molecular flexibility index (Phi) is 11.7. The van der Waals surface area contributed by atoms with E-state index in [0.29, 0.717) is 43.7 Å². The molecule has 14 nitrogen and oxygen atoms in total. The number of imidazole rings is 1. The van der Waals surface area contributed by atoms with Crippen LogP contribution in [0.2, 0.25) is 0 Å². The first-order valence-corrected chi connectivity index (χ1v) is 20.0. The van der Waals surface area contributed by atoms with Crippen molar-refractivity contribution in [1.82, 2.24) is 25.1 Å². The van der Waals surface area contributed by atoms with E-state index < -0.39 is 48.3 Å². The van der Waals surface area contributed by atoms with Crippen LogP contribution in [0.4, 0.5) is 10.5 Å². The van der Waals surface area contributed by atoms with E-state index in [0.717, 1.165) is 44.7 Å². The summed E-state index contributed by atoms with van der Waals surface area (Å²) in [6.45, 7) is 8.24. The number of aliphatic imine (C=N–C) groups is 1. The summed E-state index contributed by atoms with van der Waals surface area (Å²) in [4.78, 5) is 67.8. The Morgan fingerprint density at radius 1 is 0.793 bits per heavy atom. The highest BCUT2D eigenvalue weighted by atomic mass is 16.5. The predicted octanol–water partition coefficient (Wildman–Crippen LogP) is 5.34. The highest BCUT2D eigenvalue weighted by molar-refractivity contribution is 6.01. The van der Waals surface area contributed by atoms with Crippen LogP contribution in [-0.2, 0) is 30.3 Å². The standard InChI is InChI=1S/C44H52N6O8/c1-23(2)30(22-37(53)57-5)42(54)49-17-15-35(51)39(49)34-21-29-19-27(11-13-31(29)45-34)25-7-9-26(10-8-25)28-12-14-32-33(20-28)47-41(46-32)40-36(52)16-18-50(40)43(55)38(24(3)4)48-44(56)58-6/h7-14,19-20,23-24,30,35-36,38-40,51-52H,15-18,21-22H2,1-6H3,(H,46,47)(H,48,56)/t30-,35+,36+,38-,39+,40-/m0/s1. The fourth-order valence-corrected chi connectivity index (χ4v) is 8.52. The number of H-pyrrole nitrogens is 1. The van der Waals surface area contributed by atoms with Gasteiger partial charge in [0.25, 0.3) is 0 Å². The van der Waals surface area contributed by atoms with Gasteiger partial charge in [-0.3, -0.25) is 19.4 Å². The summed E-state index contributed by atoms with van der Waals surface area (Å²) in [6, 6.07) is 18.2. The van der Waals surface area contributed by atoms with E-state index in [2.05, 4.69) is 40.6 Å². The number of aromatic nitrogens is 2. The molecule has 3 aliphatic heterocycles. The molecule has 306 valence electrons. The van der Waals surface area contributed by atoms with Crippen molar-refractivity contribution in [3.05, 3.63) is 72.1 Å². The van der Waals surface area contributed by atoms with Crippen LogP contribution >= 0.6 is 0 Å². The molecule has 2 fully saturated rings. The van der Waals surface area contributed by atoms with Crippen molar-refractivity contribution in [1.29, 1.82) is 0 Å². The van der Waals surface area contributed by atoms with Gasteiger partial charge >= 0.3 is 12.1 Å². The monoisotopic (exact) mass is 792 g/mol. The molecule has 3 aliphatic rings. The maximum atomic E-state index is 13.7. The number of esters is 1. The number of nitrogens with one attached hydrogen (secondary N) is 2. The van der Waals surface area contributed by atoms with E-state index in [1.54, 1.807) is 9.80 Å². The van der Waals surface area contributed by atoms with E-state index in [1.165, 1.54) is 14.2 Å². The number of aliphatic hydroxyl groups excluding tert-OH is 2. The number of rotatable bonds is 11. The van der Waals surface area contributed by atoms with Crippen LogP contribution in [-0.4, -0.2) is 111 Å². The SMILES string of the molecule is COC(=O)C[C@H](C(=O)N1CC[C@@H](O)[C@H]1C1=Nc2ccc(-c3ccc(-c4ccc5nc([C@@H]6[C@H](O)CCN6C(=O)[C@@H](NC(=O)OC)C(C)C)[nH]c5c4)cc3)cc2C1)C(C)C. The number of fused-ring (bicyclic) bond motifs is 2. The third-order valence-electron chi connectivity index (χ3n) is 11.8. The zero-order chi connectivity index (χ0) is 41.4. The molecule has 7 rings (SSSR count). The molecule has 2 saturated heterocycles. The molecule has 0 aliphatic carbocycles. The molecular weight excluding hydrogens is 741 g/mol. The molecule has 6 atom stereocenters. The summed E-state index contributed by atoms with van der Waals surface area (Å²) in [7, 11) is 2.57. The second-order valence-electron chi connectivity index (χ2n) is 16.2. The summed E-state index contributed by atoms with van der Waals surface area (Å²) >= 11 is 0. The van der Waals surface area contributed by atoms with Crippen molar-refractivity contribution >= 4 is 46.3 Å². The molecule has 1 aromatic heterocycles. The van der Waals surface area contributed by atoms with Gasteiger partial charge in [0.2, 0.25) is 11.8 Å². The Labute approximate surface area is 337 Å². The molecule has 4 aromatic rings. The fourth-order valence-electron chi connectivity index (χ4n) is 8.52. The molecule has 4 N–H and O–H groups in total. The molecule has 4 heterocycles. The van der Waals surface area contributed by atoms with Gasteiger partial charge in [-0.25, -0.2) is 9.78 Å². The molecule has 0 bridgehead atoms. The highest BCUT2D eigenvalue weighted by Crippen LogP contribution is 2.37.